The Morgan fingerprint density at radius 2 is 2.08 bits per heavy atom. The highest BCUT2D eigenvalue weighted by atomic mass is 32.2. The highest BCUT2D eigenvalue weighted by Crippen LogP contribution is 2.28. The number of ether oxygens (including phenoxy) is 1. The molecule has 0 aliphatic carbocycles. The number of amides is 1. The van der Waals surface area contributed by atoms with Crippen LogP contribution < -0.4 is 5.73 Å². The number of hydrogen-bond acceptors (Lipinski definition) is 6. The fourth-order valence-electron chi connectivity index (χ4n) is 0.966. The maximum Gasteiger partial charge on any atom is 0.412 e. The van der Waals surface area contributed by atoms with Crippen LogP contribution in [-0.2, 0) is 9.53 Å². The number of esters is 1. The highest BCUT2D eigenvalue weighted by Gasteiger charge is 2.40. The lowest BCUT2D eigenvalue weighted by atomic mass is 10.2. The summed E-state index contributed by atoms with van der Waals surface area (Å²) < 4.78 is 4.06. The summed E-state index contributed by atoms with van der Waals surface area (Å²) in [4.78, 5) is 21.2. The molecule has 1 rings (SSSR count). The molecule has 1 heterocycles. The van der Waals surface area contributed by atoms with Crippen LogP contribution >= 0.6 is 11.8 Å². The van der Waals surface area contributed by atoms with E-state index in [1.807, 2.05) is 0 Å². The minimum Gasteiger partial charge on any atom is -0.390 e. The molecule has 0 aromatic rings. The number of aliphatic hydroxyl groups excluding tert-OH is 2. The van der Waals surface area contributed by atoms with E-state index in [1.165, 1.54) is 0 Å². The summed E-state index contributed by atoms with van der Waals surface area (Å²) in [5.74, 6) is -0.679. The molecule has 74 valence electrons. The molecule has 0 spiro atoms. The zero-order chi connectivity index (χ0) is 10.0. The van der Waals surface area contributed by atoms with Gasteiger partial charge in [0.1, 0.15) is 11.4 Å². The van der Waals surface area contributed by atoms with Gasteiger partial charge in [0.15, 0.2) is 0 Å². The van der Waals surface area contributed by atoms with Crippen LogP contribution in [0.25, 0.3) is 0 Å². The number of hydrogen-bond donors (Lipinski definition) is 3. The summed E-state index contributed by atoms with van der Waals surface area (Å²) in [5, 5.41) is 17.3. The van der Waals surface area contributed by atoms with Gasteiger partial charge in [-0.2, -0.15) is 0 Å². The van der Waals surface area contributed by atoms with Gasteiger partial charge in [-0.1, -0.05) is 0 Å². The second-order valence-electron chi connectivity index (χ2n) is 2.55. The van der Waals surface area contributed by atoms with Crippen molar-refractivity contribution >= 4 is 23.8 Å². The fourth-order valence-corrected chi connectivity index (χ4v) is 2.13. The van der Waals surface area contributed by atoms with Gasteiger partial charge in [-0.15, -0.1) is 11.8 Å². The zero-order valence-corrected chi connectivity index (χ0v) is 7.36. The summed E-state index contributed by atoms with van der Waals surface area (Å²) >= 11 is 1.03. The molecule has 3 atom stereocenters. The maximum atomic E-state index is 11.0. The molecule has 0 bridgehead atoms. The van der Waals surface area contributed by atoms with Crippen LogP contribution in [0, 0.1) is 0 Å². The van der Waals surface area contributed by atoms with Crippen LogP contribution in [0.5, 0.6) is 0 Å². The molecule has 1 amide bonds. The maximum absolute atomic E-state index is 11.0. The largest absolute Gasteiger partial charge is 0.412 e. The first-order valence-electron chi connectivity index (χ1n) is 3.51. The Morgan fingerprint density at radius 1 is 1.46 bits per heavy atom. The average Bonchev–Trinajstić information content (AvgIpc) is 2.31. The third kappa shape index (κ3) is 2.33. The first kappa shape index (κ1) is 10.3. The quantitative estimate of drug-likeness (QED) is 0.354. The Kier molecular flexibility index (Phi) is 3.12. The van der Waals surface area contributed by atoms with Crippen LogP contribution in [0.2, 0.25) is 0 Å². The van der Waals surface area contributed by atoms with E-state index < -0.39 is 29.5 Å². The van der Waals surface area contributed by atoms with E-state index in [2.05, 4.69) is 10.5 Å². The Morgan fingerprint density at radius 3 is 2.46 bits per heavy atom. The zero-order valence-electron chi connectivity index (χ0n) is 6.54. The van der Waals surface area contributed by atoms with E-state index in [9.17, 15) is 14.7 Å². The number of carbonyl (C=O) groups is 2. The lowest BCUT2D eigenvalue weighted by Crippen LogP contribution is -2.37. The SMILES string of the molecule is NC(=O)OC(=O)C1SCC(O)C1O. The van der Waals surface area contributed by atoms with Crippen molar-refractivity contribution in [1.29, 1.82) is 0 Å². The Balaban J connectivity index is 2.53. The topological polar surface area (TPSA) is 110 Å². The van der Waals surface area contributed by atoms with E-state index in [4.69, 9.17) is 5.11 Å². The monoisotopic (exact) mass is 207 g/mol. The fraction of sp³-hybridized carbons (Fsp3) is 0.667. The summed E-state index contributed by atoms with van der Waals surface area (Å²) in [6.45, 7) is 0. The van der Waals surface area contributed by atoms with Gasteiger partial charge < -0.3 is 20.7 Å². The van der Waals surface area contributed by atoms with Crippen LogP contribution in [0.15, 0.2) is 0 Å². The molecule has 1 saturated heterocycles. The van der Waals surface area contributed by atoms with Crippen LogP contribution in [0.4, 0.5) is 4.79 Å². The van der Waals surface area contributed by atoms with Crippen molar-refractivity contribution in [2.45, 2.75) is 17.5 Å². The van der Waals surface area contributed by atoms with Gasteiger partial charge >= 0.3 is 12.1 Å². The van der Waals surface area contributed by atoms with Crippen molar-refractivity contribution in [2.75, 3.05) is 5.75 Å². The minimum atomic E-state index is -1.21. The molecule has 6 nitrogen and oxygen atoms in total. The Bertz CT molecular complexity index is 233. The van der Waals surface area contributed by atoms with Crippen LogP contribution in [0.1, 0.15) is 0 Å². The third-order valence-electron chi connectivity index (χ3n) is 1.58. The standard InChI is InChI=1S/C6H9NO5S/c7-6(11)12-5(10)4-3(9)2(8)1-13-4/h2-4,8-9H,1H2,(H2,7,11). The van der Waals surface area contributed by atoms with Crippen LogP contribution in [-0.4, -0.2) is 45.5 Å². The first-order chi connectivity index (χ1) is 6.02. The molecule has 0 saturated carbocycles. The molecular formula is C6H9NO5S. The van der Waals surface area contributed by atoms with E-state index in [0.717, 1.165) is 11.8 Å². The van der Waals surface area contributed by atoms with Crippen molar-refractivity contribution in [3.63, 3.8) is 0 Å². The first-order valence-corrected chi connectivity index (χ1v) is 4.56. The summed E-state index contributed by atoms with van der Waals surface area (Å²) in [5.41, 5.74) is 4.61. The predicted molar refractivity (Wildman–Crippen MR) is 43.9 cm³/mol. The van der Waals surface area contributed by atoms with Crippen molar-refractivity contribution in [3.8, 4) is 0 Å². The van der Waals surface area contributed by atoms with Gasteiger partial charge in [0.2, 0.25) is 0 Å². The molecule has 7 heteroatoms. The number of carbonyl (C=O) groups excluding carboxylic acids is 2. The normalized spacial score (nSPS) is 32.9. The van der Waals surface area contributed by atoms with Crippen molar-refractivity contribution < 1.29 is 24.5 Å². The Labute approximate surface area is 78.0 Å². The van der Waals surface area contributed by atoms with Gasteiger partial charge in [-0.25, -0.2) is 4.79 Å². The second kappa shape index (κ2) is 3.95. The number of aliphatic hydroxyl groups is 2. The molecule has 3 unspecified atom stereocenters. The van der Waals surface area contributed by atoms with Gasteiger partial charge in [-0.05, 0) is 0 Å². The second-order valence-corrected chi connectivity index (χ2v) is 3.73. The van der Waals surface area contributed by atoms with Gasteiger partial charge in [0.25, 0.3) is 0 Å². The van der Waals surface area contributed by atoms with Gasteiger partial charge in [-0.3, -0.25) is 4.79 Å². The summed E-state index contributed by atoms with van der Waals surface area (Å²) in [7, 11) is 0. The van der Waals surface area contributed by atoms with Crippen LogP contribution in [0.3, 0.4) is 0 Å². The molecule has 13 heavy (non-hydrogen) atoms. The molecular weight excluding hydrogens is 198 g/mol. The van der Waals surface area contributed by atoms with E-state index in [0.29, 0.717) is 0 Å². The lowest BCUT2D eigenvalue weighted by molar-refractivity contribution is -0.139. The summed E-state index contributed by atoms with van der Waals surface area (Å²) in [6, 6.07) is 0. The molecule has 1 aliphatic heterocycles. The molecule has 1 aliphatic rings. The number of primary amides is 1. The average molecular weight is 207 g/mol. The number of thioether (sulfide) groups is 1. The smallest absolute Gasteiger partial charge is 0.390 e. The predicted octanol–water partition coefficient (Wildman–Crippen LogP) is -1.55. The number of rotatable bonds is 1. The molecule has 1 fully saturated rings. The lowest BCUT2D eigenvalue weighted by Gasteiger charge is -2.12. The number of nitrogens with two attached hydrogens (primary N) is 1. The van der Waals surface area contributed by atoms with Crippen molar-refractivity contribution in [3.05, 3.63) is 0 Å². The molecule has 4 N–H and O–H groups in total. The third-order valence-corrected chi connectivity index (χ3v) is 2.95. The highest BCUT2D eigenvalue weighted by molar-refractivity contribution is 8.01. The van der Waals surface area contributed by atoms with E-state index in [-0.39, 0.29) is 5.75 Å². The molecule has 0 radical (unpaired) electrons. The minimum absolute atomic E-state index is 0.236. The summed E-state index contributed by atoms with van der Waals surface area (Å²) in [6.07, 6.45) is -3.37. The van der Waals surface area contributed by atoms with E-state index >= 15 is 0 Å². The van der Waals surface area contributed by atoms with Crippen molar-refractivity contribution in [2.24, 2.45) is 5.73 Å². The van der Waals surface area contributed by atoms with E-state index in [1.54, 1.807) is 0 Å². The van der Waals surface area contributed by atoms with Gasteiger partial charge in [0, 0.05) is 5.75 Å². The van der Waals surface area contributed by atoms with Gasteiger partial charge in [0.05, 0.1) is 6.10 Å². The van der Waals surface area contributed by atoms with Crippen molar-refractivity contribution in [1.82, 2.24) is 0 Å². The molecule has 0 aromatic carbocycles. The Hall–Kier alpha value is -0.790. The molecule has 0 aromatic heterocycles.